The van der Waals surface area contributed by atoms with E-state index in [1.165, 1.54) is 0 Å². The number of anilines is 1. The minimum atomic E-state index is -4.37. The number of hydrogen-bond donors (Lipinski definition) is 1. The monoisotopic (exact) mass is 246 g/mol. The zero-order valence-electron chi connectivity index (χ0n) is 9.29. The van der Waals surface area contributed by atoms with Crippen molar-refractivity contribution in [3.8, 4) is 0 Å². The molecule has 1 amide bonds. The van der Waals surface area contributed by atoms with Crippen molar-refractivity contribution in [1.82, 2.24) is 5.32 Å². The van der Waals surface area contributed by atoms with Crippen molar-refractivity contribution in [2.45, 2.75) is 6.18 Å². The van der Waals surface area contributed by atoms with Crippen LogP contribution in [0.25, 0.3) is 0 Å². The van der Waals surface area contributed by atoms with Gasteiger partial charge >= 0.3 is 6.18 Å². The third-order valence-electron chi connectivity index (χ3n) is 2.06. The van der Waals surface area contributed by atoms with Crippen LogP contribution in [0.3, 0.4) is 0 Å². The first-order chi connectivity index (χ1) is 7.88. The van der Waals surface area contributed by atoms with E-state index < -0.39 is 18.6 Å². The van der Waals surface area contributed by atoms with Crippen LogP contribution in [-0.4, -0.2) is 32.2 Å². The highest BCUT2D eigenvalue weighted by Crippen LogP contribution is 2.13. The lowest BCUT2D eigenvalue weighted by molar-refractivity contribution is -0.137. The molecule has 0 aliphatic carbocycles. The summed E-state index contributed by atoms with van der Waals surface area (Å²) < 4.78 is 35.5. The summed E-state index contributed by atoms with van der Waals surface area (Å²) in [6.07, 6.45) is -4.37. The maximum atomic E-state index is 11.8. The van der Waals surface area contributed by atoms with Crippen LogP contribution >= 0.6 is 0 Å². The van der Waals surface area contributed by atoms with Crippen molar-refractivity contribution in [3.63, 3.8) is 0 Å². The molecule has 0 saturated heterocycles. The first-order valence-electron chi connectivity index (χ1n) is 4.98. The summed E-state index contributed by atoms with van der Waals surface area (Å²) in [4.78, 5) is 12.8. The molecule has 0 aliphatic heterocycles. The van der Waals surface area contributed by atoms with Gasteiger partial charge in [0.15, 0.2) is 0 Å². The first-order valence-corrected chi connectivity index (χ1v) is 4.98. The number of para-hydroxylation sites is 1. The van der Waals surface area contributed by atoms with E-state index in [-0.39, 0.29) is 6.54 Å². The van der Waals surface area contributed by atoms with Gasteiger partial charge in [0, 0.05) is 12.7 Å². The number of carbonyl (C=O) groups is 1. The SMILES string of the molecule is CN(CC(=O)NCC(F)(F)F)c1ccccc1. The van der Waals surface area contributed by atoms with Gasteiger partial charge in [-0.05, 0) is 12.1 Å². The third kappa shape index (κ3) is 5.24. The summed E-state index contributed by atoms with van der Waals surface area (Å²) in [7, 11) is 1.64. The minimum Gasteiger partial charge on any atom is -0.365 e. The Labute approximate surface area is 97.2 Å². The lowest BCUT2D eigenvalue weighted by Crippen LogP contribution is -2.39. The second-order valence-electron chi connectivity index (χ2n) is 3.58. The molecule has 3 nitrogen and oxygen atoms in total. The number of nitrogens with one attached hydrogen (secondary N) is 1. The van der Waals surface area contributed by atoms with Crippen molar-refractivity contribution in [3.05, 3.63) is 30.3 Å². The molecule has 0 bridgehead atoms. The van der Waals surface area contributed by atoms with E-state index in [1.807, 2.05) is 11.4 Å². The molecule has 17 heavy (non-hydrogen) atoms. The van der Waals surface area contributed by atoms with Gasteiger partial charge in [-0.15, -0.1) is 0 Å². The standard InChI is InChI=1S/C11H13F3N2O/c1-16(9-5-3-2-4-6-9)7-10(17)15-8-11(12,13)14/h2-6H,7-8H2,1H3,(H,15,17). The van der Waals surface area contributed by atoms with Crippen molar-refractivity contribution < 1.29 is 18.0 Å². The van der Waals surface area contributed by atoms with Gasteiger partial charge in [0.2, 0.25) is 5.91 Å². The van der Waals surface area contributed by atoms with Crippen LogP contribution < -0.4 is 10.2 Å². The molecule has 0 unspecified atom stereocenters. The molecule has 0 aliphatic rings. The summed E-state index contributed by atoms with van der Waals surface area (Å²) in [5.41, 5.74) is 0.773. The molecule has 1 rings (SSSR count). The van der Waals surface area contributed by atoms with Gasteiger partial charge in [0.1, 0.15) is 6.54 Å². The first kappa shape index (κ1) is 13.3. The van der Waals surface area contributed by atoms with Crippen LogP contribution in [0.4, 0.5) is 18.9 Å². The van der Waals surface area contributed by atoms with Crippen LogP contribution in [0.2, 0.25) is 0 Å². The molecule has 1 N–H and O–H groups in total. The van der Waals surface area contributed by atoms with E-state index in [1.54, 1.807) is 36.2 Å². The van der Waals surface area contributed by atoms with Gasteiger partial charge in [-0.2, -0.15) is 13.2 Å². The molecule has 6 heteroatoms. The van der Waals surface area contributed by atoms with E-state index in [0.29, 0.717) is 0 Å². The molecule has 0 heterocycles. The van der Waals surface area contributed by atoms with Crippen molar-refractivity contribution in [1.29, 1.82) is 0 Å². The number of halogens is 3. The molecule has 1 aromatic carbocycles. The lowest BCUT2D eigenvalue weighted by atomic mass is 10.3. The Hall–Kier alpha value is -1.72. The predicted molar refractivity (Wildman–Crippen MR) is 58.8 cm³/mol. The molecule has 1 aromatic rings. The third-order valence-corrected chi connectivity index (χ3v) is 2.06. The smallest absolute Gasteiger partial charge is 0.365 e. The maximum Gasteiger partial charge on any atom is 0.405 e. The second-order valence-corrected chi connectivity index (χ2v) is 3.58. The molecule has 0 atom stereocenters. The van der Waals surface area contributed by atoms with Crippen LogP contribution in [0.5, 0.6) is 0 Å². The number of nitrogens with zero attached hydrogens (tertiary/aromatic N) is 1. The highest BCUT2D eigenvalue weighted by Gasteiger charge is 2.27. The van der Waals surface area contributed by atoms with Crippen LogP contribution in [0, 0.1) is 0 Å². The van der Waals surface area contributed by atoms with Crippen LogP contribution in [0.1, 0.15) is 0 Å². The van der Waals surface area contributed by atoms with Gasteiger partial charge in [0.25, 0.3) is 0 Å². The normalized spacial score (nSPS) is 11.1. The fourth-order valence-corrected chi connectivity index (χ4v) is 1.24. The molecule has 0 spiro atoms. The number of alkyl halides is 3. The number of likely N-dealkylation sites (N-methyl/N-ethyl adjacent to an activating group) is 1. The zero-order valence-corrected chi connectivity index (χ0v) is 9.29. The summed E-state index contributed by atoms with van der Waals surface area (Å²) >= 11 is 0. The van der Waals surface area contributed by atoms with Gasteiger partial charge in [-0.25, -0.2) is 0 Å². The number of carbonyl (C=O) groups excluding carboxylic acids is 1. The Morgan fingerprint density at radius 1 is 1.29 bits per heavy atom. The number of hydrogen-bond acceptors (Lipinski definition) is 2. The fraction of sp³-hybridized carbons (Fsp3) is 0.364. The molecule has 0 aromatic heterocycles. The second kappa shape index (κ2) is 5.56. The molecule has 0 radical (unpaired) electrons. The summed E-state index contributed by atoms with van der Waals surface area (Å²) in [6.45, 7) is -1.41. The quantitative estimate of drug-likeness (QED) is 0.878. The number of amides is 1. The van der Waals surface area contributed by atoms with Gasteiger partial charge in [-0.3, -0.25) is 4.79 Å². The number of benzene rings is 1. The maximum absolute atomic E-state index is 11.8. The lowest BCUT2D eigenvalue weighted by Gasteiger charge is -2.18. The minimum absolute atomic E-state index is 0.111. The molecule has 94 valence electrons. The highest BCUT2D eigenvalue weighted by atomic mass is 19.4. The van der Waals surface area contributed by atoms with Crippen molar-refractivity contribution in [2.75, 3.05) is 25.0 Å². The topological polar surface area (TPSA) is 32.3 Å². The van der Waals surface area contributed by atoms with Gasteiger partial charge in [0.05, 0.1) is 6.54 Å². The largest absolute Gasteiger partial charge is 0.405 e. The Balaban J connectivity index is 2.42. The summed E-state index contributed by atoms with van der Waals surface area (Å²) in [6, 6.07) is 8.95. The Morgan fingerprint density at radius 3 is 2.41 bits per heavy atom. The van der Waals surface area contributed by atoms with Gasteiger partial charge < -0.3 is 10.2 Å². The molecular formula is C11H13F3N2O. The Bertz CT molecular complexity index is 365. The molecule has 0 fully saturated rings. The van der Waals surface area contributed by atoms with Crippen molar-refractivity contribution in [2.24, 2.45) is 0 Å². The molecular weight excluding hydrogens is 233 g/mol. The average Bonchev–Trinajstić information content (AvgIpc) is 2.27. The summed E-state index contributed by atoms with van der Waals surface area (Å²) in [5.74, 6) is -0.659. The Kier molecular flexibility index (Phi) is 4.37. The zero-order chi connectivity index (χ0) is 12.9. The molecule has 0 saturated carbocycles. The van der Waals surface area contributed by atoms with Crippen LogP contribution in [0.15, 0.2) is 30.3 Å². The number of rotatable bonds is 4. The van der Waals surface area contributed by atoms with Crippen molar-refractivity contribution >= 4 is 11.6 Å². The van der Waals surface area contributed by atoms with E-state index in [4.69, 9.17) is 0 Å². The Morgan fingerprint density at radius 2 is 1.88 bits per heavy atom. The predicted octanol–water partition coefficient (Wildman–Crippen LogP) is 1.80. The van der Waals surface area contributed by atoms with E-state index in [2.05, 4.69) is 0 Å². The van der Waals surface area contributed by atoms with Gasteiger partial charge in [-0.1, -0.05) is 18.2 Å². The average molecular weight is 246 g/mol. The van der Waals surface area contributed by atoms with E-state index in [0.717, 1.165) is 5.69 Å². The van der Waals surface area contributed by atoms with Crippen LogP contribution in [-0.2, 0) is 4.79 Å². The summed E-state index contributed by atoms with van der Waals surface area (Å²) in [5, 5.41) is 1.82. The van der Waals surface area contributed by atoms with E-state index >= 15 is 0 Å². The highest BCUT2D eigenvalue weighted by molar-refractivity contribution is 5.81. The van der Waals surface area contributed by atoms with E-state index in [9.17, 15) is 18.0 Å². The fourth-order valence-electron chi connectivity index (χ4n) is 1.24.